The smallest absolute Gasteiger partial charge is 0.233 e. The van der Waals surface area contributed by atoms with Gasteiger partial charge in [0.15, 0.2) is 11.5 Å². The van der Waals surface area contributed by atoms with Crippen LogP contribution in [0.4, 0.5) is 0 Å². The summed E-state index contributed by atoms with van der Waals surface area (Å²) in [7, 11) is 1.60. The molecule has 1 aromatic rings. The van der Waals surface area contributed by atoms with Gasteiger partial charge in [-0.1, -0.05) is 0 Å². The Bertz CT molecular complexity index is 367. The zero-order valence-electron chi connectivity index (χ0n) is 9.36. The van der Waals surface area contributed by atoms with Gasteiger partial charge in [0.25, 0.3) is 0 Å². The van der Waals surface area contributed by atoms with Crippen LogP contribution in [0.5, 0.6) is 11.5 Å². The van der Waals surface area contributed by atoms with E-state index in [2.05, 4.69) is 0 Å². The highest BCUT2D eigenvalue weighted by Crippen LogP contribution is 2.31. The molecule has 0 heterocycles. The van der Waals surface area contributed by atoms with Crippen molar-refractivity contribution in [3.8, 4) is 11.5 Å². The van der Waals surface area contributed by atoms with Crippen molar-refractivity contribution in [3.63, 3.8) is 0 Å². The first-order valence-electron chi connectivity index (χ1n) is 5.56. The van der Waals surface area contributed by atoms with Crippen LogP contribution >= 0.6 is 0 Å². The van der Waals surface area contributed by atoms with Gasteiger partial charge >= 0.3 is 0 Å². The number of hydrogen-bond donors (Lipinski definition) is 0. The average Bonchev–Trinajstić information content (AvgIpc) is 2.82. The summed E-state index contributed by atoms with van der Waals surface area (Å²) >= 11 is 0. The summed E-state index contributed by atoms with van der Waals surface area (Å²) in [5.41, 5.74) is 0.494. The predicted octanol–water partition coefficient (Wildman–Crippen LogP) is 2.47. The Morgan fingerprint density at radius 3 is 2.62 bits per heavy atom. The lowest BCUT2D eigenvalue weighted by Gasteiger charge is -2.15. The standard InChI is InChI=1S/C13H15O3/c1-15-12-7-6-10(9-14)8-13(12)16-11-4-2-3-5-11/h6-8,11H,2-5H2,1H3. The van der Waals surface area contributed by atoms with Crippen LogP contribution in [-0.2, 0) is 4.79 Å². The van der Waals surface area contributed by atoms with E-state index in [1.165, 1.54) is 12.8 Å². The molecule has 0 saturated heterocycles. The van der Waals surface area contributed by atoms with E-state index in [9.17, 15) is 4.79 Å². The van der Waals surface area contributed by atoms with Crippen LogP contribution in [0.1, 0.15) is 31.2 Å². The van der Waals surface area contributed by atoms with Crippen molar-refractivity contribution in [2.24, 2.45) is 0 Å². The Hall–Kier alpha value is -1.51. The van der Waals surface area contributed by atoms with Crippen molar-refractivity contribution in [2.45, 2.75) is 31.8 Å². The molecule has 1 aromatic carbocycles. The molecule has 85 valence electrons. The minimum Gasteiger partial charge on any atom is -0.493 e. The molecule has 1 radical (unpaired) electrons. The normalized spacial score (nSPS) is 16.1. The lowest BCUT2D eigenvalue weighted by atomic mass is 10.2. The number of rotatable bonds is 4. The van der Waals surface area contributed by atoms with Crippen LogP contribution in [-0.4, -0.2) is 19.5 Å². The number of ether oxygens (including phenoxy) is 2. The first-order chi connectivity index (χ1) is 7.83. The van der Waals surface area contributed by atoms with E-state index in [4.69, 9.17) is 9.47 Å². The Kier molecular flexibility index (Phi) is 3.44. The molecule has 0 unspecified atom stereocenters. The second-order valence-electron chi connectivity index (χ2n) is 3.99. The summed E-state index contributed by atoms with van der Waals surface area (Å²) in [5, 5.41) is 0. The maximum Gasteiger partial charge on any atom is 0.233 e. The van der Waals surface area contributed by atoms with E-state index < -0.39 is 0 Å². The lowest BCUT2D eigenvalue weighted by molar-refractivity contribution is 0.201. The number of hydrogen-bond acceptors (Lipinski definition) is 3. The van der Waals surface area contributed by atoms with Gasteiger partial charge in [-0.3, -0.25) is 4.79 Å². The predicted molar refractivity (Wildman–Crippen MR) is 60.7 cm³/mol. The van der Waals surface area contributed by atoms with Crippen molar-refractivity contribution in [3.05, 3.63) is 23.8 Å². The highest BCUT2D eigenvalue weighted by Gasteiger charge is 2.18. The molecule has 3 heteroatoms. The summed E-state index contributed by atoms with van der Waals surface area (Å²) in [6, 6.07) is 5.10. The second kappa shape index (κ2) is 5.01. The fourth-order valence-electron chi connectivity index (χ4n) is 2.02. The van der Waals surface area contributed by atoms with E-state index in [0.29, 0.717) is 17.1 Å². The van der Waals surface area contributed by atoms with Crippen molar-refractivity contribution in [2.75, 3.05) is 7.11 Å². The molecule has 1 fully saturated rings. The topological polar surface area (TPSA) is 35.5 Å². The maximum absolute atomic E-state index is 10.6. The van der Waals surface area contributed by atoms with Gasteiger partial charge in [0.05, 0.1) is 13.2 Å². The number of carbonyl (C=O) groups excluding carboxylic acids is 1. The van der Waals surface area contributed by atoms with E-state index >= 15 is 0 Å². The summed E-state index contributed by atoms with van der Waals surface area (Å²) in [4.78, 5) is 10.6. The van der Waals surface area contributed by atoms with E-state index in [0.717, 1.165) is 12.8 Å². The quantitative estimate of drug-likeness (QED) is 0.780. The summed E-state index contributed by atoms with van der Waals surface area (Å²) < 4.78 is 11.0. The Balaban J connectivity index is 2.18. The molecule has 1 saturated carbocycles. The molecule has 0 N–H and O–H groups in total. The van der Waals surface area contributed by atoms with Gasteiger partial charge < -0.3 is 9.47 Å². The van der Waals surface area contributed by atoms with Crippen molar-refractivity contribution < 1.29 is 14.3 Å². The highest BCUT2D eigenvalue weighted by molar-refractivity contribution is 5.76. The van der Waals surface area contributed by atoms with Crippen LogP contribution in [0.2, 0.25) is 0 Å². The van der Waals surface area contributed by atoms with Gasteiger partial charge in [-0.15, -0.1) is 0 Å². The molecule has 0 bridgehead atoms. The fraction of sp³-hybridized carbons (Fsp3) is 0.462. The van der Waals surface area contributed by atoms with Crippen LogP contribution < -0.4 is 9.47 Å². The van der Waals surface area contributed by atoms with Gasteiger partial charge in [-0.2, -0.15) is 0 Å². The Labute approximate surface area is 95.4 Å². The van der Waals surface area contributed by atoms with Crippen LogP contribution in [0.25, 0.3) is 0 Å². The van der Waals surface area contributed by atoms with Gasteiger partial charge in [-0.05, 0) is 43.9 Å². The largest absolute Gasteiger partial charge is 0.493 e. The molecule has 16 heavy (non-hydrogen) atoms. The Morgan fingerprint density at radius 2 is 2.00 bits per heavy atom. The van der Waals surface area contributed by atoms with Crippen molar-refractivity contribution >= 4 is 6.29 Å². The first-order valence-corrected chi connectivity index (χ1v) is 5.56. The molecule has 0 spiro atoms. The SMILES string of the molecule is COc1ccc([C]=O)cc1OC1CCCC1. The minimum atomic E-state index is 0.260. The number of benzene rings is 1. The van der Waals surface area contributed by atoms with Gasteiger partial charge in [0.2, 0.25) is 6.29 Å². The molecule has 1 aliphatic rings. The zero-order chi connectivity index (χ0) is 11.4. The molecular formula is C13H15O3. The molecule has 0 atom stereocenters. The third kappa shape index (κ3) is 2.35. The third-order valence-corrected chi connectivity index (χ3v) is 2.88. The fourth-order valence-corrected chi connectivity index (χ4v) is 2.02. The minimum absolute atomic E-state index is 0.260. The van der Waals surface area contributed by atoms with Crippen molar-refractivity contribution in [1.29, 1.82) is 0 Å². The Morgan fingerprint density at radius 1 is 1.25 bits per heavy atom. The zero-order valence-corrected chi connectivity index (χ0v) is 9.36. The molecule has 0 amide bonds. The van der Waals surface area contributed by atoms with Crippen molar-refractivity contribution in [1.82, 2.24) is 0 Å². The summed E-state index contributed by atoms with van der Waals surface area (Å²) in [6.07, 6.45) is 6.71. The van der Waals surface area contributed by atoms with Crippen LogP contribution in [0.15, 0.2) is 18.2 Å². The molecule has 2 rings (SSSR count). The molecular weight excluding hydrogens is 204 g/mol. The van der Waals surface area contributed by atoms with Crippen LogP contribution in [0, 0.1) is 0 Å². The molecule has 0 aliphatic heterocycles. The molecule has 0 aromatic heterocycles. The lowest BCUT2D eigenvalue weighted by Crippen LogP contribution is -2.11. The van der Waals surface area contributed by atoms with E-state index in [1.807, 2.05) is 6.29 Å². The highest BCUT2D eigenvalue weighted by atomic mass is 16.5. The second-order valence-corrected chi connectivity index (χ2v) is 3.99. The van der Waals surface area contributed by atoms with Gasteiger partial charge in [0, 0.05) is 5.56 Å². The third-order valence-electron chi connectivity index (χ3n) is 2.88. The van der Waals surface area contributed by atoms with Crippen LogP contribution in [0.3, 0.4) is 0 Å². The van der Waals surface area contributed by atoms with E-state index in [1.54, 1.807) is 25.3 Å². The number of methoxy groups -OCH3 is 1. The van der Waals surface area contributed by atoms with Gasteiger partial charge in [0.1, 0.15) is 0 Å². The first kappa shape index (κ1) is 11.0. The average molecular weight is 219 g/mol. The van der Waals surface area contributed by atoms with Gasteiger partial charge in [-0.25, -0.2) is 0 Å². The molecule has 3 nitrogen and oxygen atoms in total. The van der Waals surface area contributed by atoms with E-state index in [-0.39, 0.29) is 6.10 Å². The summed E-state index contributed by atoms with van der Waals surface area (Å²) in [5.74, 6) is 1.32. The molecule has 1 aliphatic carbocycles. The summed E-state index contributed by atoms with van der Waals surface area (Å²) in [6.45, 7) is 0. The maximum atomic E-state index is 10.6. The monoisotopic (exact) mass is 219 g/mol.